The van der Waals surface area contributed by atoms with Crippen LogP contribution in [0.3, 0.4) is 0 Å². The van der Waals surface area contributed by atoms with Gasteiger partial charge in [0.2, 0.25) is 0 Å². The summed E-state index contributed by atoms with van der Waals surface area (Å²) in [5.74, 6) is -0.346. The zero-order chi connectivity index (χ0) is 25.9. The largest absolute Gasteiger partial charge is 0.478 e. The third kappa shape index (κ3) is 4.68. The van der Waals surface area contributed by atoms with Crippen molar-refractivity contribution in [1.29, 1.82) is 0 Å². The van der Waals surface area contributed by atoms with Gasteiger partial charge < -0.3 is 9.52 Å². The van der Waals surface area contributed by atoms with Crippen molar-refractivity contribution in [1.82, 2.24) is 0 Å². The molecule has 0 spiro atoms. The summed E-state index contributed by atoms with van der Waals surface area (Å²) in [5, 5.41) is 9.43. The number of amides is 1. The van der Waals surface area contributed by atoms with Crippen LogP contribution >= 0.6 is 0 Å². The molecule has 5 rings (SSSR count). The van der Waals surface area contributed by atoms with Gasteiger partial charge in [-0.25, -0.2) is 9.63 Å². The first-order valence-electron chi connectivity index (χ1n) is 11.3. The number of carboxylic acid groups (broad SMARTS) is 1. The van der Waals surface area contributed by atoms with E-state index in [4.69, 9.17) is 4.42 Å². The number of carboxylic acids is 1. The molecule has 2 heterocycles. The summed E-state index contributed by atoms with van der Waals surface area (Å²) in [4.78, 5) is 43.2. The third-order valence-electron chi connectivity index (χ3n) is 5.86. The van der Waals surface area contributed by atoms with Crippen molar-refractivity contribution in [3.05, 3.63) is 124 Å². The summed E-state index contributed by atoms with van der Waals surface area (Å²) in [6.07, 6.45) is 3.41. The maximum absolute atomic E-state index is 13.6. The molecule has 0 fully saturated rings. The number of hydrogen-bond donors (Lipinski definition) is 1. The molecule has 0 aliphatic carbocycles. The normalized spacial score (nSPS) is 14.1. The Morgan fingerprint density at radius 3 is 2.41 bits per heavy atom. The van der Waals surface area contributed by atoms with Crippen molar-refractivity contribution in [2.45, 2.75) is 0 Å². The van der Waals surface area contributed by atoms with Gasteiger partial charge >= 0.3 is 11.7 Å². The summed E-state index contributed by atoms with van der Waals surface area (Å²) in [5.41, 5.74) is 3.46. The van der Waals surface area contributed by atoms with Crippen LogP contribution < -0.4 is 4.90 Å². The number of anilines is 1. The molecule has 8 nitrogen and oxygen atoms in total. The van der Waals surface area contributed by atoms with Crippen LogP contribution in [-0.4, -0.2) is 29.0 Å². The van der Waals surface area contributed by atoms with Crippen molar-refractivity contribution in [3.63, 3.8) is 0 Å². The molecule has 4 aromatic rings. The maximum Gasteiger partial charge on any atom is 0.335 e. The highest BCUT2D eigenvalue weighted by atomic mass is 16.8. The van der Waals surface area contributed by atoms with Crippen LogP contribution in [0.4, 0.5) is 11.4 Å². The number of furan rings is 1. The molecule has 1 aromatic heterocycles. The molecule has 37 heavy (non-hydrogen) atoms. The van der Waals surface area contributed by atoms with Gasteiger partial charge in [0.1, 0.15) is 11.5 Å². The predicted molar refractivity (Wildman–Crippen MR) is 138 cm³/mol. The van der Waals surface area contributed by atoms with Gasteiger partial charge in [-0.3, -0.25) is 9.69 Å². The van der Waals surface area contributed by atoms with E-state index in [1.165, 1.54) is 24.1 Å². The molecule has 0 unspecified atom stereocenters. The van der Waals surface area contributed by atoms with Gasteiger partial charge in [0.25, 0.3) is 10.8 Å². The highest BCUT2D eigenvalue weighted by molar-refractivity contribution is 6.23. The molecule has 182 valence electrons. The van der Waals surface area contributed by atoms with Crippen LogP contribution in [0, 0.1) is 4.91 Å². The van der Waals surface area contributed by atoms with E-state index in [-0.39, 0.29) is 11.5 Å². The molecule has 3 aromatic carbocycles. The Bertz CT molecular complexity index is 1570. The average molecular weight is 493 g/mol. The van der Waals surface area contributed by atoms with Gasteiger partial charge in [-0.2, -0.15) is 0 Å². The summed E-state index contributed by atoms with van der Waals surface area (Å²) in [6, 6.07) is 25.9. The van der Waals surface area contributed by atoms with Gasteiger partial charge in [0, 0.05) is 23.3 Å². The molecule has 8 heteroatoms. The SMILES string of the molecule is CO[N+](=O)c1ccc(-c2ccc(/C=C3/C=C(c4ccccc4)N(c4cccc(C(=O)O)c4)C3=O)o2)cc1. The monoisotopic (exact) mass is 493 g/mol. The molecule has 0 atom stereocenters. The second kappa shape index (κ2) is 9.79. The summed E-state index contributed by atoms with van der Waals surface area (Å²) >= 11 is 0. The van der Waals surface area contributed by atoms with E-state index in [0.717, 1.165) is 11.1 Å². The van der Waals surface area contributed by atoms with Gasteiger partial charge in [0.05, 0.1) is 21.9 Å². The first-order valence-corrected chi connectivity index (χ1v) is 11.3. The lowest BCUT2D eigenvalue weighted by molar-refractivity contribution is -0.736. The number of hydrogen-bond acceptors (Lipinski definition) is 5. The zero-order valence-corrected chi connectivity index (χ0v) is 19.7. The van der Waals surface area contributed by atoms with Crippen molar-refractivity contribution in [2.24, 2.45) is 0 Å². The molecule has 1 N–H and O–H groups in total. The third-order valence-corrected chi connectivity index (χ3v) is 5.86. The fourth-order valence-corrected chi connectivity index (χ4v) is 4.06. The summed E-state index contributed by atoms with van der Waals surface area (Å²) < 4.78 is 5.96. The van der Waals surface area contributed by atoms with Crippen LogP contribution in [0.25, 0.3) is 23.1 Å². The minimum atomic E-state index is -1.07. The maximum atomic E-state index is 13.6. The lowest BCUT2D eigenvalue weighted by Crippen LogP contribution is -2.25. The topological polar surface area (TPSA) is 100 Å². The van der Waals surface area contributed by atoms with Gasteiger partial charge in [-0.15, -0.1) is 0 Å². The lowest BCUT2D eigenvalue weighted by atomic mass is 10.1. The standard InChI is InChI=1S/C29H20N2O6/c1-36-31(35)23-12-10-20(11-13-23)27-15-14-25(37-27)17-22-18-26(19-6-3-2-4-7-19)30(28(22)32)24-9-5-8-21(16-24)29(33)34/h2-18H,1H3/p+1/b22-17-. The number of aromatic carboxylic acids is 1. The summed E-state index contributed by atoms with van der Waals surface area (Å²) in [6.45, 7) is 0. The second-order valence-electron chi connectivity index (χ2n) is 8.18. The molecule has 1 amide bonds. The lowest BCUT2D eigenvalue weighted by Gasteiger charge is -2.21. The van der Waals surface area contributed by atoms with E-state index >= 15 is 0 Å². The van der Waals surface area contributed by atoms with E-state index in [1.54, 1.807) is 60.7 Å². The summed E-state index contributed by atoms with van der Waals surface area (Å²) in [7, 11) is 1.29. The Kier molecular flexibility index (Phi) is 6.22. The zero-order valence-electron chi connectivity index (χ0n) is 19.7. The van der Waals surface area contributed by atoms with Crippen molar-refractivity contribution < 1.29 is 28.9 Å². The van der Waals surface area contributed by atoms with Crippen LogP contribution in [0.1, 0.15) is 21.7 Å². The molecule has 1 aliphatic heterocycles. The van der Waals surface area contributed by atoms with E-state index in [9.17, 15) is 19.6 Å². The van der Waals surface area contributed by atoms with Crippen molar-refractivity contribution in [2.75, 3.05) is 12.0 Å². The van der Waals surface area contributed by atoms with Crippen LogP contribution in [0.15, 0.2) is 107 Å². The van der Waals surface area contributed by atoms with E-state index in [1.807, 2.05) is 30.3 Å². The van der Waals surface area contributed by atoms with E-state index < -0.39 is 5.97 Å². The Morgan fingerprint density at radius 2 is 1.70 bits per heavy atom. The number of benzene rings is 3. The quantitative estimate of drug-likeness (QED) is 0.247. The Labute approximate surface area is 211 Å². The van der Waals surface area contributed by atoms with Crippen molar-refractivity contribution in [3.8, 4) is 11.3 Å². The molecule has 0 radical (unpaired) electrons. The minimum Gasteiger partial charge on any atom is -0.478 e. The number of carbonyl (C=O) groups excluding carboxylic acids is 1. The fraction of sp³-hybridized carbons (Fsp3) is 0.0345. The molecule has 1 aliphatic rings. The van der Waals surface area contributed by atoms with Crippen LogP contribution in [0.5, 0.6) is 0 Å². The Balaban J connectivity index is 1.50. The van der Waals surface area contributed by atoms with E-state index in [0.29, 0.717) is 39.1 Å². The minimum absolute atomic E-state index is 0.0856. The van der Waals surface area contributed by atoms with E-state index in [2.05, 4.69) is 4.84 Å². The fourth-order valence-electron chi connectivity index (χ4n) is 4.06. The molecule has 0 saturated heterocycles. The molecule has 0 bridgehead atoms. The number of nitrogens with zero attached hydrogens (tertiary/aromatic N) is 2. The molecule has 0 saturated carbocycles. The first-order chi connectivity index (χ1) is 17.9. The highest BCUT2D eigenvalue weighted by Gasteiger charge is 2.31. The molecular weight excluding hydrogens is 472 g/mol. The Hall–Kier alpha value is -5.24. The van der Waals surface area contributed by atoms with Crippen LogP contribution in [-0.2, 0) is 9.63 Å². The number of rotatable bonds is 7. The first kappa shape index (κ1) is 23.5. The van der Waals surface area contributed by atoms with Gasteiger partial charge in [0.15, 0.2) is 7.11 Å². The number of carbonyl (C=O) groups is 2. The average Bonchev–Trinajstić information content (AvgIpc) is 3.53. The second-order valence-corrected chi connectivity index (χ2v) is 8.18. The smallest absolute Gasteiger partial charge is 0.335 e. The highest BCUT2D eigenvalue weighted by Crippen LogP contribution is 2.36. The van der Waals surface area contributed by atoms with Crippen molar-refractivity contribution >= 4 is 35.0 Å². The Morgan fingerprint density at radius 1 is 0.946 bits per heavy atom. The van der Waals surface area contributed by atoms with Gasteiger partial charge in [-0.05, 0) is 60.2 Å². The van der Waals surface area contributed by atoms with Crippen LogP contribution in [0.2, 0.25) is 0 Å². The van der Waals surface area contributed by atoms with Gasteiger partial charge in [-0.1, -0.05) is 36.4 Å². The predicted octanol–water partition coefficient (Wildman–Crippen LogP) is 6.09. The molecular formula is C29H21N2O6+.